The second-order valence-electron chi connectivity index (χ2n) is 7.20. The minimum absolute atomic E-state index is 0.220. The Morgan fingerprint density at radius 1 is 1.12 bits per heavy atom. The van der Waals surface area contributed by atoms with Crippen LogP contribution in [0.4, 0.5) is 10.2 Å². The van der Waals surface area contributed by atoms with E-state index in [9.17, 15) is 9.18 Å². The topological polar surface area (TPSA) is 88.5 Å². The molecule has 3 aromatic heterocycles. The van der Waals surface area contributed by atoms with Crippen molar-refractivity contribution in [3.63, 3.8) is 0 Å². The zero-order chi connectivity index (χ0) is 22.4. The van der Waals surface area contributed by atoms with Crippen LogP contribution in [0.25, 0.3) is 27.6 Å². The summed E-state index contributed by atoms with van der Waals surface area (Å²) < 4.78 is 15.4. The van der Waals surface area contributed by atoms with Gasteiger partial charge in [0.2, 0.25) is 0 Å². The Kier molecular flexibility index (Phi) is 5.03. The summed E-state index contributed by atoms with van der Waals surface area (Å²) in [4.78, 5) is 29.1. The summed E-state index contributed by atoms with van der Waals surface area (Å²) in [5, 5.41) is 4.64. The van der Waals surface area contributed by atoms with Crippen molar-refractivity contribution in [3.8, 4) is 5.69 Å². The molecular formula is C22H15Cl2FN6O. The average molecular weight is 469 g/mol. The molecule has 2 N–H and O–H groups in total. The molecule has 0 saturated carbocycles. The maximum atomic E-state index is 13.9. The molecule has 0 aliphatic heterocycles. The lowest BCUT2D eigenvalue weighted by Gasteiger charge is -2.22. The van der Waals surface area contributed by atoms with Gasteiger partial charge in [-0.1, -0.05) is 35.3 Å². The number of aromatic amines is 1. The molecule has 32 heavy (non-hydrogen) atoms. The van der Waals surface area contributed by atoms with Crippen LogP contribution in [-0.2, 0) is 0 Å². The van der Waals surface area contributed by atoms with Crippen LogP contribution in [-0.4, -0.2) is 24.5 Å². The summed E-state index contributed by atoms with van der Waals surface area (Å²) in [7, 11) is 0. The fraction of sp³-hybridized carbons (Fsp3) is 0.0909. The van der Waals surface area contributed by atoms with Crippen molar-refractivity contribution in [2.24, 2.45) is 0 Å². The van der Waals surface area contributed by atoms with Crippen molar-refractivity contribution < 1.29 is 4.39 Å². The number of anilines is 1. The number of nitrogens with zero attached hydrogens (tertiary/aromatic N) is 4. The third-order valence-electron chi connectivity index (χ3n) is 5.20. The fourth-order valence-corrected chi connectivity index (χ4v) is 4.06. The third kappa shape index (κ3) is 3.37. The van der Waals surface area contributed by atoms with E-state index in [-0.39, 0.29) is 10.4 Å². The third-order valence-corrected chi connectivity index (χ3v) is 6.01. The smallest absolute Gasteiger partial charge is 0.263 e. The van der Waals surface area contributed by atoms with Crippen molar-refractivity contribution in [1.29, 1.82) is 0 Å². The first-order chi connectivity index (χ1) is 15.4. The van der Waals surface area contributed by atoms with Crippen LogP contribution in [0.3, 0.4) is 0 Å². The molecule has 0 unspecified atom stereocenters. The highest BCUT2D eigenvalue weighted by molar-refractivity contribution is 6.43. The minimum atomic E-state index is -0.501. The Labute approximate surface area is 190 Å². The van der Waals surface area contributed by atoms with E-state index in [1.54, 1.807) is 24.3 Å². The van der Waals surface area contributed by atoms with Gasteiger partial charge in [0.15, 0.2) is 11.5 Å². The lowest BCUT2D eigenvalue weighted by atomic mass is 10.1. The molecule has 0 bridgehead atoms. The number of halogens is 3. The van der Waals surface area contributed by atoms with Crippen LogP contribution in [0, 0.1) is 5.82 Å². The Morgan fingerprint density at radius 2 is 1.97 bits per heavy atom. The maximum absolute atomic E-state index is 13.9. The van der Waals surface area contributed by atoms with E-state index in [1.807, 2.05) is 13.0 Å². The van der Waals surface area contributed by atoms with E-state index >= 15 is 0 Å². The van der Waals surface area contributed by atoms with E-state index in [2.05, 4.69) is 25.3 Å². The Balaban J connectivity index is 1.74. The first kappa shape index (κ1) is 20.4. The number of pyridine rings is 1. The number of imidazole rings is 1. The number of aromatic nitrogens is 5. The van der Waals surface area contributed by atoms with E-state index in [0.29, 0.717) is 38.8 Å². The largest absolute Gasteiger partial charge is 0.360 e. The molecule has 0 radical (unpaired) electrons. The van der Waals surface area contributed by atoms with Gasteiger partial charge >= 0.3 is 0 Å². The van der Waals surface area contributed by atoms with Crippen LogP contribution in [0.5, 0.6) is 0 Å². The maximum Gasteiger partial charge on any atom is 0.263 e. The van der Waals surface area contributed by atoms with E-state index in [1.165, 1.54) is 29.4 Å². The van der Waals surface area contributed by atoms with Crippen molar-refractivity contribution in [2.75, 3.05) is 5.32 Å². The number of H-pyrrole nitrogens is 1. The zero-order valence-electron chi connectivity index (χ0n) is 16.6. The molecular weight excluding hydrogens is 454 g/mol. The number of hydrogen-bond donors (Lipinski definition) is 2. The van der Waals surface area contributed by atoms with Crippen LogP contribution in [0.1, 0.15) is 18.7 Å². The van der Waals surface area contributed by atoms with Crippen molar-refractivity contribution in [3.05, 3.63) is 87.0 Å². The number of rotatable bonds is 4. The molecule has 5 rings (SSSR count). The summed E-state index contributed by atoms with van der Waals surface area (Å²) in [5.74, 6) is -0.00156. The molecule has 7 nitrogen and oxygen atoms in total. The van der Waals surface area contributed by atoms with Gasteiger partial charge in [0.25, 0.3) is 5.56 Å². The van der Waals surface area contributed by atoms with Crippen LogP contribution in [0.15, 0.2) is 59.9 Å². The molecule has 10 heteroatoms. The average Bonchev–Trinajstić information content (AvgIpc) is 3.26. The quantitative estimate of drug-likeness (QED) is 0.374. The first-order valence-corrected chi connectivity index (χ1v) is 10.4. The summed E-state index contributed by atoms with van der Waals surface area (Å²) in [6.45, 7) is 1.87. The van der Waals surface area contributed by atoms with Gasteiger partial charge in [0.1, 0.15) is 17.7 Å². The normalized spacial score (nSPS) is 12.4. The molecule has 0 fully saturated rings. The van der Waals surface area contributed by atoms with Gasteiger partial charge in [-0.05, 0) is 42.6 Å². The van der Waals surface area contributed by atoms with Gasteiger partial charge < -0.3 is 10.3 Å². The predicted octanol–water partition coefficient (Wildman–Crippen LogP) is 5.28. The molecule has 160 valence electrons. The molecule has 0 spiro atoms. The fourth-order valence-electron chi connectivity index (χ4n) is 3.68. The minimum Gasteiger partial charge on any atom is -0.360 e. The SMILES string of the molecule is C[C@@H](Nc1ncnc2[nH]cnc12)c1cc2ccc(F)cc2c(=O)n1-c1cccc(Cl)c1Cl. The van der Waals surface area contributed by atoms with Crippen LogP contribution in [0.2, 0.25) is 10.0 Å². The molecule has 0 amide bonds. The Bertz CT molecular complexity index is 1550. The first-order valence-electron chi connectivity index (χ1n) is 9.64. The van der Waals surface area contributed by atoms with Gasteiger partial charge in [0.05, 0.1) is 33.5 Å². The van der Waals surface area contributed by atoms with Crippen molar-refractivity contribution in [1.82, 2.24) is 24.5 Å². The Hall–Kier alpha value is -3.49. The number of fused-ring (bicyclic) bond motifs is 2. The second-order valence-corrected chi connectivity index (χ2v) is 7.99. The highest BCUT2D eigenvalue weighted by Gasteiger charge is 2.20. The highest BCUT2D eigenvalue weighted by Crippen LogP contribution is 2.32. The predicted molar refractivity (Wildman–Crippen MR) is 123 cm³/mol. The summed E-state index contributed by atoms with van der Waals surface area (Å²) in [5.41, 5.74) is 1.71. The second kappa shape index (κ2) is 7.89. The molecule has 0 saturated heterocycles. The molecule has 5 aromatic rings. The lowest BCUT2D eigenvalue weighted by Crippen LogP contribution is -2.26. The number of nitrogens with one attached hydrogen (secondary N) is 2. The van der Waals surface area contributed by atoms with Gasteiger partial charge in [-0.15, -0.1) is 0 Å². The van der Waals surface area contributed by atoms with Crippen LogP contribution >= 0.6 is 23.2 Å². The summed E-state index contributed by atoms with van der Waals surface area (Å²) in [6.07, 6.45) is 2.95. The Morgan fingerprint density at radius 3 is 2.81 bits per heavy atom. The zero-order valence-corrected chi connectivity index (χ0v) is 18.1. The summed E-state index contributed by atoms with van der Waals surface area (Å²) >= 11 is 12.7. The summed E-state index contributed by atoms with van der Waals surface area (Å²) in [6, 6.07) is 10.5. The highest BCUT2D eigenvalue weighted by atomic mass is 35.5. The van der Waals surface area contributed by atoms with Crippen LogP contribution < -0.4 is 10.9 Å². The number of benzene rings is 2. The molecule has 3 heterocycles. The van der Waals surface area contributed by atoms with Gasteiger partial charge in [-0.3, -0.25) is 9.36 Å². The van der Waals surface area contributed by atoms with E-state index in [4.69, 9.17) is 23.2 Å². The van der Waals surface area contributed by atoms with Gasteiger partial charge in [0, 0.05) is 5.69 Å². The standard InChI is InChI=1S/C22H15Cl2FN6O/c1-11(30-21-19-20(27-9-26-19)28-10-29-21)17-7-12-5-6-13(25)8-14(12)22(32)31(17)16-4-2-3-15(23)18(16)24/h2-11H,1H3,(H2,26,27,28,29,30)/t11-/m1/s1. The van der Waals surface area contributed by atoms with E-state index < -0.39 is 17.4 Å². The molecule has 0 aliphatic carbocycles. The van der Waals surface area contributed by atoms with Crippen molar-refractivity contribution >= 4 is 51.0 Å². The lowest BCUT2D eigenvalue weighted by molar-refractivity contribution is 0.629. The molecule has 2 aromatic carbocycles. The number of hydrogen-bond acceptors (Lipinski definition) is 5. The van der Waals surface area contributed by atoms with Gasteiger partial charge in [-0.25, -0.2) is 19.3 Å². The van der Waals surface area contributed by atoms with Crippen molar-refractivity contribution in [2.45, 2.75) is 13.0 Å². The molecule has 0 aliphatic rings. The monoisotopic (exact) mass is 468 g/mol. The van der Waals surface area contributed by atoms with Gasteiger partial charge in [-0.2, -0.15) is 0 Å². The molecule has 1 atom stereocenters. The van der Waals surface area contributed by atoms with E-state index in [0.717, 1.165) is 0 Å².